The van der Waals surface area contributed by atoms with Gasteiger partial charge < -0.3 is 4.74 Å². The number of rotatable bonds is 4. The van der Waals surface area contributed by atoms with Crippen molar-refractivity contribution >= 4 is 38.3 Å². The topological polar surface area (TPSA) is 94.4 Å². The number of hydrogen-bond acceptors (Lipinski definition) is 6. The van der Waals surface area contributed by atoms with Crippen LogP contribution in [0, 0.1) is 15.9 Å². The summed E-state index contributed by atoms with van der Waals surface area (Å²) in [5, 5.41) is 13.8. The zero-order valence-electron chi connectivity index (χ0n) is 12.3. The predicted octanol–water partition coefficient (Wildman–Crippen LogP) is 3.60. The van der Waals surface area contributed by atoms with Gasteiger partial charge in [0.2, 0.25) is 0 Å². The Morgan fingerprint density at radius 3 is 2.83 bits per heavy atom. The van der Waals surface area contributed by atoms with Crippen molar-refractivity contribution in [2.24, 2.45) is 0 Å². The number of carbonyl (C=O) groups is 1. The lowest BCUT2D eigenvalue weighted by atomic mass is 10.2. The summed E-state index contributed by atoms with van der Waals surface area (Å²) in [6, 6.07) is 7.99. The van der Waals surface area contributed by atoms with Crippen LogP contribution < -0.4 is 10.1 Å². The molecule has 0 fully saturated rings. The normalized spacial score (nSPS) is 10.6. The monoisotopic (exact) mass is 347 g/mol. The van der Waals surface area contributed by atoms with Gasteiger partial charge in [-0.05, 0) is 30.3 Å². The Bertz CT molecular complexity index is 957. The SMILES string of the molecule is COc1ccc(C(=O)Nc2nc3ccc(F)cc3s2)cc1[N+](=O)[O-]. The van der Waals surface area contributed by atoms with Crippen molar-refractivity contribution in [3.63, 3.8) is 0 Å². The number of nitro benzene ring substituents is 1. The van der Waals surface area contributed by atoms with Gasteiger partial charge in [-0.3, -0.25) is 20.2 Å². The summed E-state index contributed by atoms with van der Waals surface area (Å²) in [5.41, 5.74) is 0.335. The van der Waals surface area contributed by atoms with Gasteiger partial charge in [-0.15, -0.1) is 0 Å². The minimum atomic E-state index is -0.629. The van der Waals surface area contributed by atoms with Crippen molar-refractivity contribution in [3.05, 3.63) is 57.9 Å². The number of thiazole rings is 1. The molecule has 0 radical (unpaired) electrons. The second-order valence-electron chi connectivity index (χ2n) is 4.73. The van der Waals surface area contributed by atoms with Crippen molar-refractivity contribution in [1.82, 2.24) is 4.98 Å². The highest BCUT2D eigenvalue weighted by Gasteiger charge is 2.19. The molecule has 0 aliphatic rings. The van der Waals surface area contributed by atoms with Crippen LogP contribution in [0.15, 0.2) is 36.4 Å². The van der Waals surface area contributed by atoms with Gasteiger partial charge in [0.15, 0.2) is 10.9 Å². The van der Waals surface area contributed by atoms with Gasteiger partial charge in [-0.1, -0.05) is 11.3 Å². The summed E-state index contributed by atoms with van der Waals surface area (Å²) < 4.78 is 18.7. The van der Waals surface area contributed by atoms with E-state index in [1.807, 2.05) is 0 Å². The highest BCUT2D eigenvalue weighted by atomic mass is 32.1. The molecular weight excluding hydrogens is 337 g/mol. The molecule has 3 rings (SSSR count). The van der Waals surface area contributed by atoms with Crippen LogP contribution in [0.2, 0.25) is 0 Å². The molecule has 0 saturated heterocycles. The first-order valence-corrected chi connectivity index (χ1v) is 7.49. The van der Waals surface area contributed by atoms with Crippen LogP contribution in [0.5, 0.6) is 5.75 Å². The van der Waals surface area contributed by atoms with E-state index in [1.165, 1.54) is 37.4 Å². The van der Waals surface area contributed by atoms with Crippen LogP contribution in [0.25, 0.3) is 10.2 Å². The molecule has 7 nitrogen and oxygen atoms in total. The summed E-state index contributed by atoms with van der Waals surface area (Å²) in [7, 11) is 1.31. The molecule has 1 amide bonds. The van der Waals surface area contributed by atoms with E-state index in [1.54, 1.807) is 0 Å². The zero-order chi connectivity index (χ0) is 17.3. The van der Waals surface area contributed by atoms with Crippen LogP contribution in [0.4, 0.5) is 15.2 Å². The molecule has 122 valence electrons. The van der Waals surface area contributed by atoms with Gasteiger partial charge in [0, 0.05) is 11.6 Å². The average Bonchev–Trinajstić information content (AvgIpc) is 2.95. The number of methoxy groups -OCH3 is 1. The molecule has 1 aromatic heterocycles. The molecule has 0 bridgehead atoms. The van der Waals surface area contributed by atoms with Crippen molar-refractivity contribution in [1.29, 1.82) is 0 Å². The number of anilines is 1. The number of halogens is 1. The van der Waals surface area contributed by atoms with Gasteiger partial charge in [0.1, 0.15) is 5.82 Å². The Balaban J connectivity index is 1.88. The third kappa shape index (κ3) is 3.01. The van der Waals surface area contributed by atoms with Crippen LogP contribution in [-0.4, -0.2) is 22.9 Å². The molecule has 24 heavy (non-hydrogen) atoms. The van der Waals surface area contributed by atoms with Gasteiger partial charge in [-0.2, -0.15) is 0 Å². The first-order valence-electron chi connectivity index (χ1n) is 6.68. The number of aromatic nitrogens is 1. The van der Waals surface area contributed by atoms with Crippen molar-refractivity contribution in [2.75, 3.05) is 12.4 Å². The first-order chi connectivity index (χ1) is 11.5. The predicted molar refractivity (Wildman–Crippen MR) is 87.2 cm³/mol. The molecule has 0 spiro atoms. The van der Waals surface area contributed by atoms with E-state index >= 15 is 0 Å². The van der Waals surface area contributed by atoms with E-state index in [0.29, 0.717) is 10.2 Å². The summed E-state index contributed by atoms with van der Waals surface area (Å²) in [6.07, 6.45) is 0. The Morgan fingerprint density at radius 2 is 2.12 bits per heavy atom. The Kier molecular flexibility index (Phi) is 4.09. The van der Waals surface area contributed by atoms with E-state index in [2.05, 4.69) is 10.3 Å². The Hall–Kier alpha value is -3.07. The lowest BCUT2D eigenvalue weighted by molar-refractivity contribution is -0.385. The molecular formula is C15H10FN3O4S. The Morgan fingerprint density at radius 1 is 1.33 bits per heavy atom. The van der Waals surface area contributed by atoms with Crippen LogP contribution >= 0.6 is 11.3 Å². The van der Waals surface area contributed by atoms with Crippen molar-refractivity contribution < 1.29 is 18.8 Å². The number of nitro groups is 1. The number of carbonyl (C=O) groups excluding carboxylic acids is 1. The second kappa shape index (κ2) is 6.20. The summed E-state index contributed by atoms with van der Waals surface area (Å²) >= 11 is 1.11. The van der Waals surface area contributed by atoms with Gasteiger partial charge in [0.05, 0.1) is 22.2 Å². The molecule has 0 atom stereocenters. The van der Waals surface area contributed by atoms with E-state index in [4.69, 9.17) is 4.74 Å². The highest BCUT2D eigenvalue weighted by molar-refractivity contribution is 7.22. The molecule has 0 aliphatic carbocycles. The fourth-order valence-corrected chi connectivity index (χ4v) is 2.98. The number of amides is 1. The Labute approximate surface area is 138 Å². The minimum absolute atomic E-state index is 0.0620. The maximum Gasteiger partial charge on any atom is 0.311 e. The summed E-state index contributed by atoms with van der Waals surface area (Å²) in [5.74, 6) is -0.887. The first kappa shape index (κ1) is 15.8. The van der Waals surface area contributed by atoms with Gasteiger partial charge in [-0.25, -0.2) is 9.37 Å². The summed E-state index contributed by atoms with van der Waals surface area (Å²) in [4.78, 5) is 26.8. The number of hydrogen-bond donors (Lipinski definition) is 1. The van der Waals surface area contributed by atoms with Gasteiger partial charge in [0.25, 0.3) is 5.91 Å². The van der Waals surface area contributed by atoms with E-state index in [-0.39, 0.29) is 22.1 Å². The number of ether oxygens (including phenoxy) is 1. The van der Waals surface area contributed by atoms with Crippen LogP contribution in [0.1, 0.15) is 10.4 Å². The maximum absolute atomic E-state index is 13.2. The fraction of sp³-hybridized carbons (Fsp3) is 0.0667. The quantitative estimate of drug-likeness (QED) is 0.575. The number of fused-ring (bicyclic) bond motifs is 1. The lowest BCUT2D eigenvalue weighted by Crippen LogP contribution is -2.12. The molecule has 0 unspecified atom stereocenters. The number of benzene rings is 2. The number of nitrogens with one attached hydrogen (secondary N) is 1. The van der Waals surface area contributed by atoms with Gasteiger partial charge >= 0.3 is 5.69 Å². The third-order valence-corrected chi connectivity index (χ3v) is 4.14. The number of nitrogens with zero attached hydrogens (tertiary/aromatic N) is 2. The smallest absolute Gasteiger partial charge is 0.311 e. The molecule has 1 heterocycles. The van der Waals surface area contributed by atoms with Crippen molar-refractivity contribution in [2.45, 2.75) is 0 Å². The minimum Gasteiger partial charge on any atom is -0.490 e. The second-order valence-corrected chi connectivity index (χ2v) is 5.76. The standard InChI is InChI=1S/C15H10FN3O4S/c1-23-12-5-2-8(6-11(12)19(21)22)14(20)18-15-17-10-4-3-9(16)7-13(10)24-15/h2-7H,1H3,(H,17,18,20). The molecule has 3 aromatic rings. The van der Waals surface area contributed by atoms with E-state index in [9.17, 15) is 19.3 Å². The average molecular weight is 347 g/mol. The maximum atomic E-state index is 13.2. The van der Waals surface area contributed by atoms with Crippen LogP contribution in [-0.2, 0) is 0 Å². The zero-order valence-corrected chi connectivity index (χ0v) is 13.1. The van der Waals surface area contributed by atoms with E-state index < -0.39 is 16.6 Å². The largest absolute Gasteiger partial charge is 0.490 e. The lowest BCUT2D eigenvalue weighted by Gasteiger charge is -2.04. The molecule has 9 heteroatoms. The highest BCUT2D eigenvalue weighted by Crippen LogP contribution is 2.29. The van der Waals surface area contributed by atoms with E-state index in [0.717, 1.165) is 17.4 Å². The summed E-state index contributed by atoms with van der Waals surface area (Å²) in [6.45, 7) is 0. The molecule has 1 N–H and O–H groups in total. The van der Waals surface area contributed by atoms with Crippen molar-refractivity contribution in [3.8, 4) is 5.75 Å². The molecule has 0 saturated carbocycles. The fourth-order valence-electron chi connectivity index (χ4n) is 2.10. The molecule has 2 aromatic carbocycles. The molecule has 0 aliphatic heterocycles. The van der Waals surface area contributed by atoms with Crippen LogP contribution in [0.3, 0.4) is 0 Å². The third-order valence-electron chi connectivity index (χ3n) is 3.21.